The molecule has 2 unspecified atom stereocenters. The normalized spacial score (nSPS) is 24.6. The lowest BCUT2D eigenvalue weighted by Crippen LogP contribution is -2.48. The average Bonchev–Trinajstić information content (AvgIpc) is 2.43. The summed E-state index contributed by atoms with van der Waals surface area (Å²) in [7, 11) is 0. The van der Waals surface area contributed by atoms with Crippen LogP contribution in [0.4, 0.5) is 4.39 Å². The fourth-order valence-electron chi connectivity index (χ4n) is 2.27. The minimum Gasteiger partial charge on any atom is -0.394 e. The summed E-state index contributed by atoms with van der Waals surface area (Å²) in [4.78, 5) is 2.13. The first-order chi connectivity index (χ1) is 9.13. The van der Waals surface area contributed by atoms with Crippen molar-refractivity contribution in [3.05, 3.63) is 35.1 Å². The summed E-state index contributed by atoms with van der Waals surface area (Å²) in [5.74, 6) is -0.220. The van der Waals surface area contributed by atoms with Crippen molar-refractivity contribution < 1.29 is 14.2 Å². The number of ether oxygens (including phenoxy) is 1. The first kappa shape index (κ1) is 14.4. The van der Waals surface area contributed by atoms with Gasteiger partial charge in [-0.15, -0.1) is 0 Å². The molecule has 4 nitrogen and oxygen atoms in total. The van der Waals surface area contributed by atoms with Crippen LogP contribution < -0.4 is 5.73 Å². The predicted molar refractivity (Wildman–Crippen MR) is 71.0 cm³/mol. The van der Waals surface area contributed by atoms with Gasteiger partial charge in [-0.25, -0.2) is 4.39 Å². The second-order valence-corrected chi connectivity index (χ2v) is 5.05. The van der Waals surface area contributed by atoms with Gasteiger partial charge < -0.3 is 15.6 Å². The quantitative estimate of drug-likeness (QED) is 0.850. The van der Waals surface area contributed by atoms with Gasteiger partial charge in [-0.1, -0.05) is 12.1 Å². The summed E-state index contributed by atoms with van der Waals surface area (Å²) in [6, 6.07) is 5.35. The Labute approximate surface area is 113 Å². The van der Waals surface area contributed by atoms with Crippen LogP contribution in [-0.4, -0.2) is 41.9 Å². The van der Waals surface area contributed by atoms with E-state index in [0.29, 0.717) is 31.8 Å². The van der Waals surface area contributed by atoms with Crippen LogP contribution in [0.25, 0.3) is 0 Å². The lowest BCUT2D eigenvalue weighted by atomic mass is 10.1. The SMILES string of the molecule is CC1COC(CO)CN1Cc1ccc(CN)cc1F. The number of nitrogens with zero attached hydrogens (tertiary/aromatic N) is 1. The van der Waals surface area contributed by atoms with E-state index in [1.54, 1.807) is 6.07 Å². The maximum absolute atomic E-state index is 13.9. The number of aliphatic hydroxyl groups is 1. The molecule has 0 radical (unpaired) electrons. The summed E-state index contributed by atoms with van der Waals surface area (Å²) in [6.45, 7) is 4.09. The van der Waals surface area contributed by atoms with Crippen molar-refractivity contribution in [3.8, 4) is 0 Å². The first-order valence-electron chi connectivity index (χ1n) is 6.58. The second-order valence-electron chi connectivity index (χ2n) is 5.05. The largest absolute Gasteiger partial charge is 0.394 e. The van der Waals surface area contributed by atoms with Crippen LogP contribution in [0.2, 0.25) is 0 Å². The lowest BCUT2D eigenvalue weighted by Gasteiger charge is -2.37. The lowest BCUT2D eigenvalue weighted by molar-refractivity contribution is -0.0807. The highest BCUT2D eigenvalue weighted by Gasteiger charge is 2.26. The molecule has 1 aromatic rings. The molecule has 106 valence electrons. The Bertz CT molecular complexity index is 428. The summed E-state index contributed by atoms with van der Waals surface area (Å²) in [5, 5.41) is 9.14. The number of benzene rings is 1. The van der Waals surface area contributed by atoms with E-state index in [4.69, 9.17) is 15.6 Å². The number of aliphatic hydroxyl groups excluding tert-OH is 1. The molecule has 2 atom stereocenters. The van der Waals surface area contributed by atoms with Crippen LogP contribution in [0.1, 0.15) is 18.1 Å². The summed E-state index contributed by atoms with van der Waals surface area (Å²) in [6.07, 6.45) is -0.178. The van der Waals surface area contributed by atoms with E-state index < -0.39 is 0 Å². The van der Waals surface area contributed by atoms with Gasteiger partial charge in [0.15, 0.2) is 0 Å². The van der Waals surface area contributed by atoms with Crippen molar-refractivity contribution in [1.82, 2.24) is 4.90 Å². The summed E-state index contributed by atoms with van der Waals surface area (Å²) >= 11 is 0. The van der Waals surface area contributed by atoms with Gasteiger partial charge in [-0.2, -0.15) is 0 Å². The molecule has 0 aliphatic carbocycles. The molecule has 19 heavy (non-hydrogen) atoms. The molecule has 0 amide bonds. The molecule has 1 fully saturated rings. The van der Waals surface area contributed by atoms with Crippen LogP contribution in [0.5, 0.6) is 0 Å². The van der Waals surface area contributed by atoms with E-state index in [9.17, 15) is 4.39 Å². The standard InChI is InChI=1S/C14H21FN2O2/c1-10-9-19-13(8-18)7-17(10)6-12-3-2-11(5-16)4-14(12)15/h2-4,10,13,18H,5-9,16H2,1H3. The summed E-state index contributed by atoms with van der Waals surface area (Å²) < 4.78 is 19.4. The molecular formula is C14H21FN2O2. The fraction of sp³-hybridized carbons (Fsp3) is 0.571. The highest BCUT2D eigenvalue weighted by Crippen LogP contribution is 2.18. The van der Waals surface area contributed by atoms with Crippen molar-refractivity contribution in [1.29, 1.82) is 0 Å². The van der Waals surface area contributed by atoms with E-state index in [1.807, 2.05) is 13.0 Å². The maximum Gasteiger partial charge on any atom is 0.128 e. The van der Waals surface area contributed by atoms with E-state index in [2.05, 4.69) is 4.90 Å². The smallest absolute Gasteiger partial charge is 0.128 e. The first-order valence-corrected chi connectivity index (χ1v) is 6.58. The molecule has 0 spiro atoms. The molecular weight excluding hydrogens is 247 g/mol. The Hall–Kier alpha value is -1.01. The highest BCUT2D eigenvalue weighted by atomic mass is 19.1. The number of hydrogen-bond donors (Lipinski definition) is 2. The van der Waals surface area contributed by atoms with Crippen LogP contribution in [-0.2, 0) is 17.8 Å². The molecule has 5 heteroatoms. The molecule has 1 aliphatic rings. The van der Waals surface area contributed by atoms with Crippen molar-refractivity contribution >= 4 is 0 Å². The second kappa shape index (κ2) is 6.43. The van der Waals surface area contributed by atoms with E-state index in [0.717, 1.165) is 5.56 Å². The van der Waals surface area contributed by atoms with E-state index >= 15 is 0 Å². The predicted octanol–water partition coefficient (Wildman–Crippen LogP) is 0.866. The zero-order valence-electron chi connectivity index (χ0n) is 11.2. The summed E-state index contributed by atoms with van der Waals surface area (Å²) in [5.41, 5.74) is 6.94. The molecule has 1 aliphatic heterocycles. The van der Waals surface area contributed by atoms with Crippen molar-refractivity contribution in [2.75, 3.05) is 19.8 Å². The highest BCUT2D eigenvalue weighted by molar-refractivity contribution is 5.24. The van der Waals surface area contributed by atoms with Gasteiger partial charge in [0.05, 0.1) is 19.3 Å². The molecule has 0 bridgehead atoms. The number of nitrogens with two attached hydrogens (primary N) is 1. The third kappa shape index (κ3) is 3.51. The van der Waals surface area contributed by atoms with Gasteiger partial charge in [0.1, 0.15) is 5.82 Å². The van der Waals surface area contributed by atoms with E-state index in [1.165, 1.54) is 6.07 Å². The van der Waals surface area contributed by atoms with Crippen molar-refractivity contribution in [2.24, 2.45) is 5.73 Å². The third-order valence-electron chi connectivity index (χ3n) is 3.56. The van der Waals surface area contributed by atoms with Crippen molar-refractivity contribution in [3.63, 3.8) is 0 Å². The molecule has 1 aromatic carbocycles. The molecule has 0 aromatic heterocycles. The Kier molecular flexibility index (Phi) is 4.87. The van der Waals surface area contributed by atoms with Crippen molar-refractivity contribution in [2.45, 2.75) is 32.2 Å². The number of halogens is 1. The number of rotatable bonds is 4. The maximum atomic E-state index is 13.9. The zero-order valence-corrected chi connectivity index (χ0v) is 11.2. The number of morpholine rings is 1. The van der Waals surface area contributed by atoms with Crippen LogP contribution in [0.15, 0.2) is 18.2 Å². The fourth-order valence-corrected chi connectivity index (χ4v) is 2.27. The molecule has 0 saturated carbocycles. The minimum atomic E-state index is -0.220. The van der Waals surface area contributed by atoms with E-state index in [-0.39, 0.29) is 24.6 Å². The molecule has 3 N–H and O–H groups in total. The van der Waals surface area contributed by atoms with Gasteiger partial charge >= 0.3 is 0 Å². The van der Waals surface area contributed by atoms with Gasteiger partial charge in [-0.3, -0.25) is 4.90 Å². The van der Waals surface area contributed by atoms with Gasteiger partial charge in [-0.05, 0) is 18.6 Å². The Morgan fingerprint density at radius 1 is 1.53 bits per heavy atom. The Balaban J connectivity index is 2.06. The molecule has 1 heterocycles. The van der Waals surface area contributed by atoms with Gasteiger partial charge in [0, 0.05) is 31.2 Å². The molecule has 2 rings (SSSR count). The Morgan fingerprint density at radius 3 is 2.95 bits per heavy atom. The minimum absolute atomic E-state index is 0.00217. The third-order valence-corrected chi connectivity index (χ3v) is 3.56. The average molecular weight is 268 g/mol. The monoisotopic (exact) mass is 268 g/mol. The van der Waals surface area contributed by atoms with Gasteiger partial charge in [0.2, 0.25) is 0 Å². The zero-order chi connectivity index (χ0) is 13.8. The van der Waals surface area contributed by atoms with Gasteiger partial charge in [0.25, 0.3) is 0 Å². The Morgan fingerprint density at radius 2 is 2.32 bits per heavy atom. The molecule has 1 saturated heterocycles. The topological polar surface area (TPSA) is 58.7 Å². The number of hydrogen-bond acceptors (Lipinski definition) is 4. The van der Waals surface area contributed by atoms with Crippen LogP contribution in [0, 0.1) is 5.82 Å². The van der Waals surface area contributed by atoms with Crippen LogP contribution >= 0.6 is 0 Å². The van der Waals surface area contributed by atoms with Crippen LogP contribution in [0.3, 0.4) is 0 Å².